The molecule has 0 atom stereocenters. The maximum Gasteiger partial charge on any atom is 0.264 e. The van der Waals surface area contributed by atoms with Gasteiger partial charge in [0.05, 0.1) is 10.6 Å². The Labute approximate surface area is 133 Å². The number of rotatable bonds is 5. The van der Waals surface area contributed by atoms with E-state index in [1.807, 2.05) is 6.92 Å². The number of hydrogen-bond donors (Lipinski definition) is 1. The number of hydrogen-bond acceptors (Lipinski definition) is 3. The van der Waals surface area contributed by atoms with Crippen molar-refractivity contribution in [3.8, 4) is 0 Å². The van der Waals surface area contributed by atoms with Gasteiger partial charge in [0.25, 0.3) is 10.0 Å². The maximum atomic E-state index is 12.8. The van der Waals surface area contributed by atoms with Crippen LogP contribution < -0.4 is 10.0 Å². The number of benzene rings is 2. The summed E-state index contributed by atoms with van der Waals surface area (Å²) in [6.45, 7) is 2.36. The highest BCUT2D eigenvalue weighted by Gasteiger charge is 2.24. The van der Waals surface area contributed by atoms with E-state index in [4.69, 9.17) is 5.73 Å². The molecule has 0 bridgehead atoms. The Morgan fingerprint density at radius 3 is 2.38 bits per heavy atom. The average molecular weight is 369 g/mol. The number of nitrogens with two attached hydrogens (primary N) is 1. The molecule has 0 heterocycles. The van der Waals surface area contributed by atoms with Crippen LogP contribution in [0.3, 0.4) is 0 Å². The Morgan fingerprint density at radius 1 is 1.14 bits per heavy atom. The van der Waals surface area contributed by atoms with E-state index < -0.39 is 10.0 Å². The standard InChI is InChI=1S/C15H17BrN2O2S/c1-2-10-18(14-8-6-13(17)7-9-14)21(19,20)15-5-3-4-12(16)11-15/h3-9,11H,2,10,17H2,1H3. The summed E-state index contributed by atoms with van der Waals surface area (Å²) in [6.07, 6.45) is 0.720. The van der Waals surface area contributed by atoms with Gasteiger partial charge in [-0.25, -0.2) is 8.42 Å². The van der Waals surface area contributed by atoms with Gasteiger partial charge >= 0.3 is 0 Å². The van der Waals surface area contributed by atoms with Crippen LogP contribution in [0, 0.1) is 0 Å². The first-order chi connectivity index (χ1) is 9.95. The summed E-state index contributed by atoms with van der Waals surface area (Å²) in [5.41, 5.74) is 6.89. The second kappa shape index (κ2) is 6.49. The van der Waals surface area contributed by atoms with Gasteiger partial charge in [-0.3, -0.25) is 4.31 Å². The Balaban J connectivity index is 2.48. The molecule has 0 spiro atoms. The average Bonchev–Trinajstić information content (AvgIpc) is 2.46. The van der Waals surface area contributed by atoms with Crippen LogP contribution in [-0.4, -0.2) is 15.0 Å². The molecule has 0 fully saturated rings. The summed E-state index contributed by atoms with van der Waals surface area (Å²) in [5, 5.41) is 0. The minimum absolute atomic E-state index is 0.266. The summed E-state index contributed by atoms with van der Waals surface area (Å²) in [4.78, 5) is 0.266. The van der Waals surface area contributed by atoms with Crippen molar-refractivity contribution in [2.24, 2.45) is 0 Å². The van der Waals surface area contributed by atoms with E-state index in [0.29, 0.717) is 17.9 Å². The lowest BCUT2D eigenvalue weighted by Gasteiger charge is -2.24. The lowest BCUT2D eigenvalue weighted by atomic mass is 10.3. The van der Waals surface area contributed by atoms with Crippen molar-refractivity contribution in [1.29, 1.82) is 0 Å². The molecule has 0 saturated carbocycles. The molecular formula is C15H17BrN2O2S. The molecule has 2 rings (SSSR count). The molecule has 21 heavy (non-hydrogen) atoms. The topological polar surface area (TPSA) is 63.4 Å². The first-order valence-corrected chi connectivity index (χ1v) is 8.82. The highest BCUT2D eigenvalue weighted by molar-refractivity contribution is 9.10. The zero-order chi connectivity index (χ0) is 15.5. The van der Waals surface area contributed by atoms with E-state index in [9.17, 15) is 8.42 Å². The summed E-state index contributed by atoms with van der Waals surface area (Å²) < 4.78 is 27.8. The van der Waals surface area contributed by atoms with Gasteiger partial charge in [-0.05, 0) is 48.9 Å². The fraction of sp³-hybridized carbons (Fsp3) is 0.200. The Hall–Kier alpha value is -1.53. The van der Waals surface area contributed by atoms with Gasteiger partial charge in [0.2, 0.25) is 0 Å². The Kier molecular flexibility index (Phi) is 4.90. The largest absolute Gasteiger partial charge is 0.399 e. The van der Waals surface area contributed by atoms with Crippen LogP contribution in [-0.2, 0) is 10.0 Å². The Bertz CT molecular complexity index is 715. The van der Waals surface area contributed by atoms with E-state index >= 15 is 0 Å². The molecule has 2 aromatic carbocycles. The fourth-order valence-electron chi connectivity index (χ4n) is 1.99. The van der Waals surface area contributed by atoms with Crippen LogP contribution >= 0.6 is 15.9 Å². The van der Waals surface area contributed by atoms with Crippen molar-refractivity contribution in [2.75, 3.05) is 16.6 Å². The van der Waals surface area contributed by atoms with Crippen LogP contribution in [0.15, 0.2) is 57.9 Å². The van der Waals surface area contributed by atoms with Crippen LogP contribution in [0.1, 0.15) is 13.3 Å². The van der Waals surface area contributed by atoms with E-state index in [1.165, 1.54) is 4.31 Å². The first kappa shape index (κ1) is 15.9. The third-order valence-electron chi connectivity index (χ3n) is 2.99. The van der Waals surface area contributed by atoms with Gasteiger partial charge in [-0.2, -0.15) is 0 Å². The Morgan fingerprint density at radius 2 is 1.81 bits per heavy atom. The number of halogens is 1. The van der Waals surface area contributed by atoms with E-state index in [1.54, 1.807) is 48.5 Å². The molecule has 4 nitrogen and oxygen atoms in total. The molecule has 0 aliphatic rings. The molecule has 0 aliphatic carbocycles. The summed E-state index contributed by atoms with van der Waals surface area (Å²) in [5.74, 6) is 0. The van der Waals surface area contributed by atoms with Crippen molar-refractivity contribution in [2.45, 2.75) is 18.2 Å². The zero-order valence-corrected chi connectivity index (χ0v) is 14.1. The number of nitrogens with zero attached hydrogens (tertiary/aromatic N) is 1. The zero-order valence-electron chi connectivity index (χ0n) is 11.7. The smallest absolute Gasteiger partial charge is 0.264 e. The van der Waals surface area contributed by atoms with Crippen molar-refractivity contribution in [3.05, 3.63) is 53.0 Å². The van der Waals surface area contributed by atoms with E-state index in [0.717, 1.165) is 10.9 Å². The third-order valence-corrected chi connectivity index (χ3v) is 5.31. The van der Waals surface area contributed by atoms with Crippen molar-refractivity contribution in [1.82, 2.24) is 0 Å². The van der Waals surface area contributed by atoms with E-state index in [2.05, 4.69) is 15.9 Å². The van der Waals surface area contributed by atoms with Crippen LogP contribution in [0.2, 0.25) is 0 Å². The highest BCUT2D eigenvalue weighted by Crippen LogP contribution is 2.26. The normalized spacial score (nSPS) is 11.3. The van der Waals surface area contributed by atoms with E-state index in [-0.39, 0.29) is 4.90 Å². The summed E-state index contributed by atoms with van der Waals surface area (Å²) in [6, 6.07) is 13.6. The van der Waals surface area contributed by atoms with Gasteiger partial charge < -0.3 is 5.73 Å². The summed E-state index contributed by atoms with van der Waals surface area (Å²) in [7, 11) is -3.59. The quantitative estimate of drug-likeness (QED) is 0.819. The maximum absolute atomic E-state index is 12.8. The highest BCUT2D eigenvalue weighted by atomic mass is 79.9. The molecule has 112 valence electrons. The molecule has 0 aromatic heterocycles. The molecule has 0 unspecified atom stereocenters. The van der Waals surface area contributed by atoms with Crippen molar-refractivity contribution >= 4 is 37.3 Å². The van der Waals surface area contributed by atoms with Gasteiger partial charge in [0.15, 0.2) is 0 Å². The molecular weight excluding hydrogens is 352 g/mol. The van der Waals surface area contributed by atoms with Gasteiger partial charge in [0.1, 0.15) is 0 Å². The van der Waals surface area contributed by atoms with Gasteiger partial charge in [0, 0.05) is 16.7 Å². The monoisotopic (exact) mass is 368 g/mol. The van der Waals surface area contributed by atoms with Crippen LogP contribution in [0.5, 0.6) is 0 Å². The molecule has 0 saturated heterocycles. The number of sulfonamides is 1. The molecule has 0 aliphatic heterocycles. The number of nitrogen functional groups attached to an aromatic ring is 1. The number of anilines is 2. The molecule has 0 amide bonds. The van der Waals surface area contributed by atoms with Gasteiger partial charge in [-0.1, -0.05) is 28.9 Å². The lowest BCUT2D eigenvalue weighted by Crippen LogP contribution is -2.31. The van der Waals surface area contributed by atoms with Crippen LogP contribution in [0.25, 0.3) is 0 Å². The van der Waals surface area contributed by atoms with Crippen molar-refractivity contribution < 1.29 is 8.42 Å². The second-order valence-corrected chi connectivity index (χ2v) is 7.40. The van der Waals surface area contributed by atoms with Gasteiger partial charge in [-0.15, -0.1) is 0 Å². The lowest BCUT2D eigenvalue weighted by molar-refractivity contribution is 0.590. The minimum Gasteiger partial charge on any atom is -0.399 e. The molecule has 2 N–H and O–H groups in total. The SMILES string of the molecule is CCCN(c1ccc(N)cc1)S(=O)(=O)c1cccc(Br)c1. The molecule has 6 heteroatoms. The fourth-order valence-corrected chi connectivity index (χ4v) is 4.14. The predicted octanol–water partition coefficient (Wildman–Crippen LogP) is 3.64. The predicted molar refractivity (Wildman–Crippen MR) is 89.8 cm³/mol. The molecule has 0 radical (unpaired) electrons. The third kappa shape index (κ3) is 3.57. The molecule has 2 aromatic rings. The second-order valence-electron chi connectivity index (χ2n) is 4.63. The summed E-state index contributed by atoms with van der Waals surface area (Å²) >= 11 is 3.31. The minimum atomic E-state index is -3.59. The van der Waals surface area contributed by atoms with Crippen molar-refractivity contribution in [3.63, 3.8) is 0 Å². The van der Waals surface area contributed by atoms with Crippen LogP contribution in [0.4, 0.5) is 11.4 Å². The first-order valence-electron chi connectivity index (χ1n) is 6.59.